The average molecular weight is 964 g/mol. The molecule has 63 heavy (non-hydrogen) atoms. The van der Waals surface area contributed by atoms with E-state index in [1.165, 1.54) is 0 Å². The van der Waals surface area contributed by atoms with Crippen molar-refractivity contribution in [2.45, 2.75) is 214 Å². The van der Waals surface area contributed by atoms with Crippen molar-refractivity contribution in [3.63, 3.8) is 0 Å². The van der Waals surface area contributed by atoms with Crippen LogP contribution in [0.3, 0.4) is 0 Å². The van der Waals surface area contributed by atoms with Gasteiger partial charge in [-0.25, -0.2) is 0 Å². The van der Waals surface area contributed by atoms with Crippen LogP contribution in [0.2, 0.25) is 54.4 Å². The van der Waals surface area contributed by atoms with Gasteiger partial charge < -0.3 is 37.7 Å². The maximum absolute atomic E-state index is 12.7. The first-order chi connectivity index (χ1) is 28.3. The van der Waals surface area contributed by atoms with Crippen LogP contribution in [-0.2, 0) is 37.1 Å². The molecular formula is C48H94O11SSi3. The first kappa shape index (κ1) is 58.4. The third-order valence-electron chi connectivity index (χ3n) is 15.4. The number of methoxy groups -OCH3 is 1. The van der Waals surface area contributed by atoms with E-state index in [2.05, 4.69) is 122 Å². The molecule has 0 spiro atoms. The van der Waals surface area contributed by atoms with Gasteiger partial charge in [0.25, 0.3) is 10.1 Å². The van der Waals surface area contributed by atoms with Gasteiger partial charge in [0.1, 0.15) is 5.75 Å². The van der Waals surface area contributed by atoms with E-state index in [1.54, 1.807) is 7.11 Å². The molecule has 0 saturated carbocycles. The molecule has 0 aromatic heterocycles. The van der Waals surface area contributed by atoms with Crippen LogP contribution >= 0.6 is 0 Å². The summed E-state index contributed by atoms with van der Waals surface area (Å²) >= 11 is 0. The van der Waals surface area contributed by atoms with Gasteiger partial charge in [-0.3, -0.25) is 4.18 Å². The summed E-state index contributed by atoms with van der Waals surface area (Å²) in [7, 11) is -9.20. The Hall–Kier alpha value is -0.699. The van der Waals surface area contributed by atoms with E-state index in [4.69, 9.17) is 31.7 Å². The van der Waals surface area contributed by atoms with E-state index < -0.39 is 77.1 Å². The number of hydrogen-bond acceptors (Lipinski definition) is 11. The Morgan fingerprint density at radius 3 is 1.70 bits per heavy atom. The highest BCUT2D eigenvalue weighted by molar-refractivity contribution is 7.85. The van der Waals surface area contributed by atoms with Crippen LogP contribution in [-0.4, -0.2) is 106 Å². The zero-order chi connectivity index (χ0) is 49.1. The zero-order valence-corrected chi connectivity index (χ0v) is 47.8. The third kappa shape index (κ3) is 15.4. The molecule has 1 aromatic carbocycles. The summed E-state index contributed by atoms with van der Waals surface area (Å²) in [6.07, 6.45) is -2.19. The quantitative estimate of drug-likeness (QED) is 0.0848. The summed E-state index contributed by atoms with van der Waals surface area (Å²) in [6, 6.07) is 7.68. The van der Waals surface area contributed by atoms with Crippen LogP contribution in [0.25, 0.3) is 0 Å². The van der Waals surface area contributed by atoms with E-state index >= 15 is 0 Å². The molecule has 0 bridgehead atoms. The molecule has 1 aliphatic rings. The predicted molar refractivity (Wildman–Crippen MR) is 265 cm³/mol. The Kier molecular flexibility index (Phi) is 20.1. The van der Waals surface area contributed by atoms with Crippen LogP contribution in [0.1, 0.15) is 129 Å². The summed E-state index contributed by atoms with van der Waals surface area (Å²) < 4.78 is 71.8. The lowest BCUT2D eigenvalue weighted by Crippen LogP contribution is -2.61. The van der Waals surface area contributed by atoms with Gasteiger partial charge in [0.2, 0.25) is 0 Å². The number of rotatable bonds is 22. The van der Waals surface area contributed by atoms with Gasteiger partial charge in [0.05, 0.1) is 50.0 Å². The van der Waals surface area contributed by atoms with E-state index in [9.17, 15) is 18.6 Å². The van der Waals surface area contributed by atoms with Crippen molar-refractivity contribution in [1.82, 2.24) is 0 Å². The molecule has 0 aliphatic carbocycles. The van der Waals surface area contributed by atoms with E-state index in [-0.39, 0.29) is 58.1 Å². The number of benzene rings is 1. The van der Waals surface area contributed by atoms with Crippen molar-refractivity contribution in [3.05, 3.63) is 29.8 Å². The maximum Gasteiger partial charge on any atom is 0.264 e. The molecule has 1 saturated heterocycles. The molecular weight excluding hydrogens is 869 g/mol. The highest BCUT2D eigenvalue weighted by Gasteiger charge is 2.55. The second kappa shape index (κ2) is 21.7. The number of aliphatic hydroxyl groups is 2. The summed E-state index contributed by atoms with van der Waals surface area (Å²) in [5.74, 6) is -1.35. The molecule has 1 fully saturated rings. The molecule has 12 atom stereocenters. The Labute approximate surface area is 388 Å². The van der Waals surface area contributed by atoms with Crippen molar-refractivity contribution >= 4 is 35.1 Å². The summed E-state index contributed by atoms with van der Waals surface area (Å²) in [4.78, 5) is 0. The second-order valence-corrected chi connectivity index (χ2v) is 39.8. The predicted octanol–water partition coefficient (Wildman–Crippen LogP) is 11.3. The van der Waals surface area contributed by atoms with E-state index in [0.717, 1.165) is 11.8 Å². The minimum Gasteiger partial charge on any atom is -0.497 e. The molecule has 2 rings (SSSR count). The van der Waals surface area contributed by atoms with Crippen molar-refractivity contribution < 1.29 is 50.3 Å². The van der Waals surface area contributed by atoms with Crippen molar-refractivity contribution in [2.24, 2.45) is 29.6 Å². The standard InChI is InChI=1S/C48H94O11SSi3/c1-24-39(58-62(20,21)46(9,10)11)33(3)40(49)34(4)41(50)37(31-54-60(17,51)52)29-48(15,59-63(22,23)47(12,13)14)43-35(5)42(32(2)30-55-61(18,19)45(6,7)8)56-44(57-43)36-25-27-38(53-16)28-26-36/h25-28,32-35,37,39-44,49-50H,24,29-31H2,1-23H3/t32-,33-,34+,35-,37-,39+,40-,41+,42+,43+,44?,48+/m0/s1. The number of hydrogen-bond donors (Lipinski definition) is 2. The van der Waals surface area contributed by atoms with E-state index in [0.29, 0.717) is 18.8 Å². The minimum absolute atomic E-state index is 0.0246. The minimum atomic E-state index is -3.91. The van der Waals surface area contributed by atoms with Crippen molar-refractivity contribution in [1.29, 1.82) is 0 Å². The molecule has 1 aliphatic heterocycles. The largest absolute Gasteiger partial charge is 0.497 e. The highest BCUT2D eigenvalue weighted by Crippen LogP contribution is 2.49. The molecule has 370 valence electrons. The first-order valence-electron chi connectivity index (χ1n) is 23.4. The lowest BCUT2D eigenvalue weighted by Gasteiger charge is -2.54. The van der Waals surface area contributed by atoms with E-state index in [1.807, 2.05) is 45.0 Å². The zero-order valence-electron chi connectivity index (χ0n) is 44.0. The van der Waals surface area contributed by atoms with Crippen LogP contribution in [0, 0.1) is 29.6 Å². The molecule has 11 nitrogen and oxygen atoms in total. The van der Waals surface area contributed by atoms with Crippen LogP contribution < -0.4 is 4.74 Å². The van der Waals surface area contributed by atoms with Gasteiger partial charge in [0.15, 0.2) is 31.2 Å². The molecule has 1 unspecified atom stereocenters. The lowest BCUT2D eigenvalue weighted by atomic mass is 9.74. The van der Waals surface area contributed by atoms with Gasteiger partial charge in [-0.15, -0.1) is 0 Å². The molecule has 15 heteroatoms. The van der Waals surface area contributed by atoms with Gasteiger partial charge >= 0.3 is 0 Å². The van der Waals surface area contributed by atoms with Gasteiger partial charge in [-0.1, -0.05) is 109 Å². The SMILES string of the molecule is CC[C@@H](O[Si](C)(C)C(C)(C)C)[C@H](C)[C@H](O)[C@@H](C)[C@@H](O)[C@H](COS(C)(=O)=O)C[C@@](C)(O[Si](C)(C)C(C)(C)C)[C@@H]1OC(c2ccc(OC)cc2)O[C@H]([C@@H](C)CO[Si](C)(C)C(C)(C)C)[C@@H]1C. The van der Waals surface area contributed by atoms with Crippen molar-refractivity contribution in [3.8, 4) is 5.75 Å². The van der Waals surface area contributed by atoms with Gasteiger partial charge in [-0.2, -0.15) is 8.42 Å². The smallest absolute Gasteiger partial charge is 0.264 e. The first-order valence-corrected chi connectivity index (χ1v) is 34.0. The Morgan fingerprint density at radius 2 is 1.25 bits per heavy atom. The summed E-state index contributed by atoms with van der Waals surface area (Å²) in [5.41, 5.74) is -0.284. The third-order valence-corrected chi connectivity index (χ3v) is 29.6. The molecule has 1 heterocycles. The Balaban J connectivity index is 2.80. The van der Waals surface area contributed by atoms with Crippen LogP contribution in [0.4, 0.5) is 0 Å². The second-order valence-electron chi connectivity index (χ2n) is 23.8. The Morgan fingerprint density at radius 1 is 0.746 bits per heavy atom. The molecule has 1 aromatic rings. The maximum atomic E-state index is 12.7. The highest BCUT2D eigenvalue weighted by atomic mass is 32.2. The molecule has 0 radical (unpaired) electrons. The summed E-state index contributed by atoms with van der Waals surface area (Å²) in [6.45, 7) is 45.6. The average Bonchev–Trinajstić information content (AvgIpc) is 3.14. The van der Waals surface area contributed by atoms with Crippen molar-refractivity contribution in [2.75, 3.05) is 26.6 Å². The summed E-state index contributed by atoms with van der Waals surface area (Å²) in [5, 5.41) is 24.4. The van der Waals surface area contributed by atoms with Gasteiger partial charge in [0, 0.05) is 47.9 Å². The van der Waals surface area contributed by atoms with Crippen LogP contribution in [0.15, 0.2) is 24.3 Å². The lowest BCUT2D eigenvalue weighted by molar-refractivity contribution is -0.312. The van der Waals surface area contributed by atoms with Gasteiger partial charge in [-0.05, 0) is 86.3 Å². The topological polar surface area (TPSA) is 139 Å². The fourth-order valence-corrected chi connectivity index (χ4v) is 12.8. The fourth-order valence-electron chi connectivity index (χ4n) is 8.06. The van der Waals surface area contributed by atoms with Crippen LogP contribution in [0.5, 0.6) is 5.75 Å². The normalized spacial score (nSPS) is 24.5. The number of aliphatic hydroxyl groups excluding tert-OH is 2. The Bertz CT molecular complexity index is 1670. The molecule has 2 N–H and O–H groups in total. The number of ether oxygens (including phenoxy) is 3. The fraction of sp³-hybridized carbons (Fsp3) is 0.875. The monoisotopic (exact) mass is 963 g/mol. The molecule has 0 amide bonds.